The van der Waals surface area contributed by atoms with Gasteiger partial charge in [-0.1, -0.05) is 18.0 Å². The Morgan fingerprint density at radius 1 is 1.56 bits per heavy atom. The highest BCUT2D eigenvalue weighted by molar-refractivity contribution is 5.92. The number of likely N-dealkylation sites (N-methyl/N-ethyl adjacent to an activating group) is 1. The summed E-state index contributed by atoms with van der Waals surface area (Å²) in [6, 6.07) is 1.44. The van der Waals surface area contributed by atoms with Gasteiger partial charge < -0.3 is 14.5 Å². The second-order valence-corrected chi connectivity index (χ2v) is 4.22. The molecule has 2 atom stereocenters. The lowest BCUT2D eigenvalue weighted by molar-refractivity contribution is 0.0262. The highest BCUT2D eigenvalue weighted by atomic mass is 16.5. The number of aliphatic hydroxyl groups excluding tert-OH is 1. The van der Waals surface area contributed by atoms with E-state index in [-0.39, 0.29) is 11.9 Å². The van der Waals surface area contributed by atoms with Crippen molar-refractivity contribution < 1.29 is 14.4 Å². The van der Waals surface area contributed by atoms with Gasteiger partial charge in [0.25, 0.3) is 5.91 Å². The average Bonchev–Trinajstić information content (AvgIpc) is 2.81. The smallest absolute Gasteiger partial charge is 0.276 e. The third kappa shape index (κ3) is 2.09. The minimum absolute atomic E-state index is 0.0991. The summed E-state index contributed by atoms with van der Waals surface area (Å²) in [4.78, 5) is 13.5. The second-order valence-electron chi connectivity index (χ2n) is 4.22. The van der Waals surface area contributed by atoms with Crippen molar-refractivity contribution in [1.29, 1.82) is 0 Å². The number of amides is 1. The molecule has 1 aromatic heterocycles. The van der Waals surface area contributed by atoms with E-state index in [0.717, 1.165) is 25.7 Å². The molecule has 2 rings (SSSR count). The molecule has 5 heteroatoms. The van der Waals surface area contributed by atoms with Crippen LogP contribution in [0.1, 0.15) is 36.2 Å². The number of nitrogens with zero attached hydrogens (tertiary/aromatic N) is 2. The molecule has 5 nitrogen and oxygen atoms in total. The van der Waals surface area contributed by atoms with E-state index in [1.165, 1.54) is 12.3 Å². The van der Waals surface area contributed by atoms with Gasteiger partial charge in [-0.05, 0) is 12.8 Å². The molecule has 0 spiro atoms. The van der Waals surface area contributed by atoms with Gasteiger partial charge in [-0.25, -0.2) is 0 Å². The summed E-state index contributed by atoms with van der Waals surface area (Å²) in [6.45, 7) is 0. The monoisotopic (exact) mass is 224 g/mol. The summed E-state index contributed by atoms with van der Waals surface area (Å²) in [5.74, 6) is -0.195. The Hall–Kier alpha value is -1.36. The number of aromatic nitrogens is 1. The van der Waals surface area contributed by atoms with Gasteiger partial charge in [0.2, 0.25) is 0 Å². The molecule has 16 heavy (non-hydrogen) atoms. The Morgan fingerprint density at radius 2 is 2.31 bits per heavy atom. The largest absolute Gasteiger partial charge is 0.391 e. The minimum atomic E-state index is -0.422. The fourth-order valence-corrected chi connectivity index (χ4v) is 2.20. The van der Waals surface area contributed by atoms with Crippen molar-refractivity contribution in [2.45, 2.75) is 37.8 Å². The van der Waals surface area contributed by atoms with E-state index >= 15 is 0 Å². The van der Waals surface area contributed by atoms with Crippen LogP contribution in [-0.4, -0.2) is 40.3 Å². The lowest BCUT2D eigenvalue weighted by Gasteiger charge is -2.34. The molecule has 0 aliphatic heterocycles. The molecule has 0 aromatic carbocycles. The molecule has 1 amide bonds. The van der Waals surface area contributed by atoms with Crippen LogP contribution in [0.25, 0.3) is 0 Å². The highest BCUT2D eigenvalue weighted by Crippen LogP contribution is 2.23. The lowest BCUT2D eigenvalue weighted by atomic mass is 9.91. The van der Waals surface area contributed by atoms with Crippen molar-refractivity contribution in [2.24, 2.45) is 0 Å². The molecule has 0 saturated heterocycles. The predicted octanol–water partition coefficient (Wildman–Crippen LogP) is 1.05. The van der Waals surface area contributed by atoms with Crippen molar-refractivity contribution in [3.63, 3.8) is 0 Å². The maximum Gasteiger partial charge on any atom is 0.276 e. The zero-order chi connectivity index (χ0) is 11.5. The molecule has 1 N–H and O–H groups in total. The summed E-state index contributed by atoms with van der Waals surface area (Å²) >= 11 is 0. The number of carbonyl (C=O) groups is 1. The van der Waals surface area contributed by atoms with Crippen LogP contribution in [0.3, 0.4) is 0 Å². The Kier molecular flexibility index (Phi) is 3.24. The number of hydrogen-bond donors (Lipinski definition) is 1. The maximum absolute atomic E-state index is 11.9. The van der Waals surface area contributed by atoms with E-state index in [4.69, 9.17) is 0 Å². The van der Waals surface area contributed by atoms with E-state index < -0.39 is 6.10 Å². The lowest BCUT2D eigenvalue weighted by Crippen LogP contribution is -2.46. The summed E-state index contributed by atoms with van der Waals surface area (Å²) in [5.41, 5.74) is 0.292. The predicted molar refractivity (Wildman–Crippen MR) is 56.9 cm³/mol. The SMILES string of the molecule is CN(C(=O)c1ccon1)C1CCCCC1O. The van der Waals surface area contributed by atoms with Crippen molar-refractivity contribution in [3.05, 3.63) is 18.0 Å². The van der Waals surface area contributed by atoms with Gasteiger partial charge in [-0.2, -0.15) is 0 Å². The van der Waals surface area contributed by atoms with E-state index in [1.807, 2.05) is 0 Å². The van der Waals surface area contributed by atoms with Gasteiger partial charge >= 0.3 is 0 Å². The van der Waals surface area contributed by atoms with Gasteiger partial charge in [0, 0.05) is 13.1 Å². The molecule has 0 radical (unpaired) electrons. The highest BCUT2D eigenvalue weighted by Gasteiger charge is 2.30. The first-order valence-electron chi connectivity index (χ1n) is 5.56. The first-order valence-corrected chi connectivity index (χ1v) is 5.56. The molecule has 1 aliphatic carbocycles. The van der Waals surface area contributed by atoms with Gasteiger partial charge in [-0.15, -0.1) is 0 Å². The molecular formula is C11H16N2O3. The summed E-state index contributed by atoms with van der Waals surface area (Å²) < 4.78 is 4.64. The summed E-state index contributed by atoms with van der Waals surface area (Å²) in [5, 5.41) is 13.5. The quantitative estimate of drug-likeness (QED) is 0.815. The number of rotatable bonds is 2. The number of hydrogen-bond acceptors (Lipinski definition) is 4. The average molecular weight is 224 g/mol. The van der Waals surface area contributed by atoms with E-state index in [2.05, 4.69) is 9.68 Å². The van der Waals surface area contributed by atoms with Crippen molar-refractivity contribution in [1.82, 2.24) is 10.1 Å². The third-order valence-corrected chi connectivity index (χ3v) is 3.17. The fraction of sp³-hybridized carbons (Fsp3) is 0.636. The maximum atomic E-state index is 11.9. The van der Waals surface area contributed by atoms with E-state index in [1.54, 1.807) is 11.9 Å². The van der Waals surface area contributed by atoms with Crippen molar-refractivity contribution in [2.75, 3.05) is 7.05 Å². The second kappa shape index (κ2) is 4.65. The van der Waals surface area contributed by atoms with Gasteiger partial charge in [-0.3, -0.25) is 4.79 Å². The molecule has 0 bridgehead atoms. The van der Waals surface area contributed by atoms with Gasteiger partial charge in [0.05, 0.1) is 12.1 Å². The van der Waals surface area contributed by atoms with Gasteiger partial charge in [0.1, 0.15) is 6.26 Å². The van der Waals surface area contributed by atoms with Crippen LogP contribution in [0.2, 0.25) is 0 Å². The molecular weight excluding hydrogens is 208 g/mol. The van der Waals surface area contributed by atoms with Crippen molar-refractivity contribution >= 4 is 5.91 Å². The van der Waals surface area contributed by atoms with E-state index in [9.17, 15) is 9.90 Å². The van der Waals surface area contributed by atoms with E-state index in [0.29, 0.717) is 5.69 Å². The first-order chi connectivity index (χ1) is 7.70. The summed E-state index contributed by atoms with van der Waals surface area (Å²) in [6.07, 6.45) is 4.65. The Labute approximate surface area is 94.0 Å². The molecule has 1 heterocycles. The number of aliphatic hydroxyl groups is 1. The number of carbonyl (C=O) groups excluding carboxylic acids is 1. The van der Waals surface area contributed by atoms with Crippen LogP contribution < -0.4 is 0 Å². The Bertz CT molecular complexity index is 350. The van der Waals surface area contributed by atoms with Crippen LogP contribution in [0, 0.1) is 0 Å². The molecule has 1 fully saturated rings. The zero-order valence-electron chi connectivity index (χ0n) is 9.30. The normalized spacial score (nSPS) is 25.4. The first kappa shape index (κ1) is 11.1. The molecule has 88 valence electrons. The minimum Gasteiger partial charge on any atom is -0.391 e. The molecule has 1 aliphatic rings. The molecule has 1 aromatic rings. The standard InChI is InChI=1S/C11H16N2O3/c1-13(9-4-2-3-5-10(9)14)11(15)8-6-7-16-12-8/h6-7,9-10,14H,2-5H2,1H3. The molecule has 2 unspecified atom stereocenters. The fourth-order valence-electron chi connectivity index (χ4n) is 2.20. The van der Waals surface area contributed by atoms with Crippen molar-refractivity contribution in [3.8, 4) is 0 Å². The van der Waals surface area contributed by atoms with Crippen LogP contribution in [0.15, 0.2) is 16.9 Å². The Balaban J connectivity index is 2.06. The van der Waals surface area contributed by atoms with Crippen LogP contribution in [0.5, 0.6) is 0 Å². The van der Waals surface area contributed by atoms with Crippen LogP contribution in [0.4, 0.5) is 0 Å². The van der Waals surface area contributed by atoms with Crippen LogP contribution in [-0.2, 0) is 0 Å². The Morgan fingerprint density at radius 3 is 2.94 bits per heavy atom. The molecule has 1 saturated carbocycles. The topological polar surface area (TPSA) is 66.6 Å². The zero-order valence-corrected chi connectivity index (χ0v) is 9.30. The van der Waals surface area contributed by atoms with Crippen LogP contribution >= 0.6 is 0 Å². The summed E-state index contributed by atoms with van der Waals surface area (Å²) in [7, 11) is 1.70. The third-order valence-electron chi connectivity index (χ3n) is 3.17. The van der Waals surface area contributed by atoms with Gasteiger partial charge in [0.15, 0.2) is 5.69 Å².